The Morgan fingerprint density at radius 1 is 0.765 bits per heavy atom. The lowest BCUT2D eigenvalue weighted by molar-refractivity contribution is -0.145. The summed E-state index contributed by atoms with van der Waals surface area (Å²) in [5, 5.41) is 0.538. The summed E-state index contributed by atoms with van der Waals surface area (Å²) in [5.41, 5.74) is -0.256. The van der Waals surface area contributed by atoms with Gasteiger partial charge >= 0.3 is 0 Å². The van der Waals surface area contributed by atoms with E-state index in [-0.39, 0.29) is 17.7 Å². The van der Waals surface area contributed by atoms with Gasteiger partial charge in [-0.1, -0.05) is 78.3 Å². The van der Waals surface area contributed by atoms with Gasteiger partial charge in [-0.3, -0.25) is 24.1 Å². The van der Waals surface area contributed by atoms with Crippen LogP contribution in [0, 0.1) is 11.8 Å². The molecule has 3 unspecified atom stereocenters. The average Bonchev–Trinajstić information content (AvgIpc) is 3.42. The molecule has 6 nitrogen and oxygen atoms in total. The Kier molecular flexibility index (Phi) is 4.59. The molecule has 2 heterocycles. The molecule has 1 spiro atoms. The van der Waals surface area contributed by atoms with Crippen LogP contribution >= 0.6 is 11.6 Å². The number of carbonyl (C=O) groups excluding carboxylic acids is 4. The summed E-state index contributed by atoms with van der Waals surface area (Å²) in [6.07, 6.45) is -0.903. The van der Waals surface area contributed by atoms with Crippen molar-refractivity contribution in [3.8, 4) is 0 Å². The van der Waals surface area contributed by atoms with Crippen LogP contribution in [-0.4, -0.2) is 33.9 Å². The summed E-state index contributed by atoms with van der Waals surface area (Å²) in [7, 11) is 0. The maximum Gasteiger partial charge on any atom is 0.237 e. The Morgan fingerprint density at radius 2 is 1.35 bits per heavy atom. The normalized spacial score (nSPS) is 24.7. The molecule has 0 bridgehead atoms. The van der Waals surface area contributed by atoms with Crippen LogP contribution in [0.2, 0.25) is 5.02 Å². The van der Waals surface area contributed by atoms with Crippen molar-refractivity contribution in [3.63, 3.8) is 0 Å². The molecule has 3 aromatic carbocycles. The number of amides is 2. The van der Waals surface area contributed by atoms with Gasteiger partial charge in [0.1, 0.15) is 0 Å². The van der Waals surface area contributed by atoms with Crippen LogP contribution in [0.5, 0.6) is 0 Å². The van der Waals surface area contributed by atoms with Crippen LogP contribution in [0.1, 0.15) is 37.9 Å². The SMILES string of the molecule is O=C1C2C(c3ccccc3)OC3(C(=O)c4ccccc4C3=O)C2C(=O)N1Cc1ccc(Cl)cc1. The number of hydrogen-bond donors (Lipinski definition) is 0. The van der Waals surface area contributed by atoms with Gasteiger partial charge in [-0.2, -0.15) is 0 Å². The van der Waals surface area contributed by atoms with Crippen molar-refractivity contribution in [2.75, 3.05) is 0 Å². The van der Waals surface area contributed by atoms with Crippen LogP contribution in [0.15, 0.2) is 78.9 Å². The number of nitrogens with zero attached hydrogens (tertiary/aromatic N) is 1. The fraction of sp³-hybridized carbons (Fsp3) is 0.185. The summed E-state index contributed by atoms with van der Waals surface area (Å²) in [4.78, 5) is 55.9. The minimum atomic E-state index is -2.05. The molecule has 3 atom stereocenters. The third-order valence-electron chi connectivity index (χ3n) is 6.99. The summed E-state index contributed by atoms with van der Waals surface area (Å²) >= 11 is 5.97. The van der Waals surface area contributed by atoms with Crippen molar-refractivity contribution >= 4 is 35.0 Å². The van der Waals surface area contributed by atoms with Crippen molar-refractivity contribution in [3.05, 3.63) is 106 Å². The third-order valence-corrected chi connectivity index (χ3v) is 7.24. The van der Waals surface area contributed by atoms with Gasteiger partial charge in [0.05, 0.1) is 24.5 Å². The van der Waals surface area contributed by atoms with Gasteiger partial charge in [0.15, 0.2) is 0 Å². The van der Waals surface area contributed by atoms with Gasteiger partial charge in [-0.25, -0.2) is 0 Å². The number of carbonyl (C=O) groups is 4. The summed E-state index contributed by atoms with van der Waals surface area (Å²) in [6, 6.07) is 22.2. The minimum absolute atomic E-state index is 0.0226. The molecule has 1 aliphatic carbocycles. The highest BCUT2D eigenvalue weighted by Crippen LogP contribution is 2.57. The van der Waals surface area contributed by atoms with Crippen molar-refractivity contribution in [1.82, 2.24) is 4.90 Å². The summed E-state index contributed by atoms with van der Waals surface area (Å²) < 4.78 is 6.24. The summed E-state index contributed by atoms with van der Waals surface area (Å²) in [6.45, 7) is 0.0226. The average molecular weight is 472 g/mol. The molecular formula is C27H18ClNO5. The molecule has 2 fully saturated rings. The molecule has 6 rings (SSSR count). The Labute approximate surface area is 200 Å². The molecule has 3 aliphatic rings. The highest BCUT2D eigenvalue weighted by Gasteiger charge is 2.74. The zero-order valence-corrected chi connectivity index (χ0v) is 18.6. The molecular weight excluding hydrogens is 454 g/mol. The fourth-order valence-electron chi connectivity index (χ4n) is 5.45. The van der Waals surface area contributed by atoms with E-state index in [9.17, 15) is 19.2 Å². The van der Waals surface area contributed by atoms with Crippen LogP contribution < -0.4 is 0 Å². The number of halogens is 1. The first kappa shape index (κ1) is 21.0. The van der Waals surface area contributed by atoms with Crippen molar-refractivity contribution in [2.45, 2.75) is 18.2 Å². The first-order valence-electron chi connectivity index (χ1n) is 10.9. The van der Waals surface area contributed by atoms with E-state index in [4.69, 9.17) is 16.3 Å². The topological polar surface area (TPSA) is 80.8 Å². The number of fused-ring (bicyclic) bond motifs is 3. The van der Waals surface area contributed by atoms with Gasteiger partial charge in [0.2, 0.25) is 29.0 Å². The standard InChI is InChI=1S/C27H18ClNO5/c28-17-12-10-15(11-13-17)14-29-25(32)20-21(26(29)33)27(34-22(20)16-6-2-1-3-7-16)23(30)18-8-4-5-9-19(18)24(27)31/h1-13,20-22H,14H2. The Bertz CT molecular complexity index is 1330. The maximum absolute atomic E-state index is 13.7. The van der Waals surface area contributed by atoms with E-state index in [1.807, 2.05) is 6.07 Å². The fourth-order valence-corrected chi connectivity index (χ4v) is 5.57. The van der Waals surface area contributed by atoms with E-state index in [1.54, 1.807) is 72.8 Å². The molecule has 2 amide bonds. The lowest BCUT2D eigenvalue weighted by Gasteiger charge is -2.27. The molecule has 0 saturated carbocycles. The monoisotopic (exact) mass is 471 g/mol. The summed E-state index contributed by atoms with van der Waals surface area (Å²) in [5.74, 6) is -4.36. The van der Waals surface area contributed by atoms with Gasteiger partial charge in [-0.15, -0.1) is 0 Å². The predicted octanol–water partition coefficient (Wildman–Crippen LogP) is 4.03. The van der Waals surface area contributed by atoms with Gasteiger partial charge in [0.25, 0.3) is 0 Å². The molecule has 168 valence electrons. The maximum atomic E-state index is 13.7. The number of imide groups is 1. The first-order chi connectivity index (χ1) is 16.4. The van der Waals surface area contributed by atoms with Crippen LogP contribution in [-0.2, 0) is 20.9 Å². The highest BCUT2D eigenvalue weighted by molar-refractivity contribution is 6.35. The van der Waals surface area contributed by atoms with E-state index in [0.717, 1.165) is 4.90 Å². The first-order valence-corrected chi connectivity index (χ1v) is 11.3. The minimum Gasteiger partial charge on any atom is -0.349 e. The van der Waals surface area contributed by atoms with Crippen molar-refractivity contribution < 1.29 is 23.9 Å². The lowest BCUT2D eigenvalue weighted by Crippen LogP contribution is -2.50. The molecule has 0 aromatic heterocycles. The molecule has 3 aromatic rings. The number of benzene rings is 3. The number of Topliss-reactive ketones (excluding diaryl/α,β-unsaturated/α-hetero) is 2. The Hall–Kier alpha value is -3.61. The Morgan fingerprint density at radius 3 is 1.97 bits per heavy atom. The van der Waals surface area contributed by atoms with Gasteiger partial charge < -0.3 is 4.74 Å². The quantitative estimate of drug-likeness (QED) is 0.425. The number of hydrogen-bond acceptors (Lipinski definition) is 5. The number of ether oxygens (including phenoxy) is 1. The van der Waals surface area contributed by atoms with Crippen LogP contribution in [0.4, 0.5) is 0 Å². The molecule has 34 heavy (non-hydrogen) atoms. The van der Waals surface area contributed by atoms with Crippen molar-refractivity contribution in [2.24, 2.45) is 11.8 Å². The number of ketones is 2. The van der Waals surface area contributed by atoms with E-state index >= 15 is 0 Å². The highest BCUT2D eigenvalue weighted by atomic mass is 35.5. The zero-order chi connectivity index (χ0) is 23.6. The Balaban J connectivity index is 1.48. The smallest absolute Gasteiger partial charge is 0.237 e. The molecule has 2 aliphatic heterocycles. The lowest BCUT2D eigenvalue weighted by atomic mass is 9.77. The van der Waals surface area contributed by atoms with E-state index in [2.05, 4.69) is 0 Å². The van der Waals surface area contributed by atoms with Gasteiger partial charge in [-0.05, 0) is 23.3 Å². The van der Waals surface area contributed by atoms with E-state index < -0.39 is 46.9 Å². The second-order valence-corrected chi connectivity index (χ2v) is 9.22. The molecule has 7 heteroatoms. The largest absolute Gasteiger partial charge is 0.349 e. The number of rotatable bonds is 3. The van der Waals surface area contributed by atoms with E-state index in [0.29, 0.717) is 16.1 Å². The van der Waals surface area contributed by atoms with E-state index in [1.165, 1.54) is 0 Å². The second-order valence-electron chi connectivity index (χ2n) is 8.78. The van der Waals surface area contributed by atoms with Crippen molar-refractivity contribution in [1.29, 1.82) is 0 Å². The molecule has 2 saturated heterocycles. The second kappa shape index (κ2) is 7.45. The molecule has 0 N–H and O–H groups in total. The van der Waals surface area contributed by atoms with Gasteiger partial charge in [0, 0.05) is 16.1 Å². The third kappa shape index (κ3) is 2.73. The molecule has 0 radical (unpaired) electrons. The van der Waals surface area contributed by atoms with Crippen LogP contribution in [0.25, 0.3) is 0 Å². The van der Waals surface area contributed by atoms with Crippen LogP contribution in [0.3, 0.4) is 0 Å². The number of likely N-dealkylation sites (tertiary alicyclic amines) is 1. The zero-order valence-electron chi connectivity index (χ0n) is 17.8. The predicted molar refractivity (Wildman–Crippen MR) is 122 cm³/mol.